The zero-order chi connectivity index (χ0) is 5.28. The maximum Gasteiger partial charge on any atom is 0.0297 e. The molecule has 1 rings (SSSR count). The van der Waals surface area contributed by atoms with Crippen LogP contribution in [0.15, 0.2) is 0 Å². The van der Waals surface area contributed by atoms with Gasteiger partial charge in [0.1, 0.15) is 0 Å². The molecule has 8 heavy (non-hydrogen) atoms. The third-order valence-corrected chi connectivity index (χ3v) is 2.62. The van der Waals surface area contributed by atoms with E-state index in [9.17, 15) is 0 Å². The number of rotatable bonds is 0. The van der Waals surface area contributed by atoms with E-state index < -0.39 is 0 Å². The molecule has 1 fully saturated rings. The summed E-state index contributed by atoms with van der Waals surface area (Å²) in [6, 6.07) is 0.431. The van der Waals surface area contributed by atoms with Crippen LogP contribution in [0.4, 0.5) is 0 Å². The summed E-state index contributed by atoms with van der Waals surface area (Å²) in [6.07, 6.45) is 3.77. The normalized spacial score (nSPS) is 36.8. The molecule has 0 aromatic rings. The molecule has 3 heteroatoms. The van der Waals surface area contributed by atoms with Crippen molar-refractivity contribution in [2.45, 2.75) is 30.1 Å². The fraction of sp³-hybridized carbons (Fsp3) is 1.00. The Kier molecular flexibility index (Phi) is 4.30. The fourth-order valence-corrected chi connectivity index (χ4v) is 1.53. The highest BCUT2D eigenvalue weighted by molar-refractivity contribution is 9.09. The molecule has 2 atom stereocenters. The van der Waals surface area contributed by atoms with Gasteiger partial charge >= 0.3 is 0 Å². The number of alkyl halides is 1. The van der Waals surface area contributed by atoms with E-state index in [1.165, 1.54) is 19.3 Å². The molecule has 0 bridgehead atoms. The summed E-state index contributed by atoms with van der Waals surface area (Å²) in [6.45, 7) is 0. The molecule has 50 valence electrons. The molecule has 0 radical (unpaired) electrons. The van der Waals surface area contributed by atoms with E-state index in [4.69, 9.17) is 5.73 Å². The van der Waals surface area contributed by atoms with Crippen molar-refractivity contribution in [3.05, 3.63) is 0 Å². The Hall–Kier alpha value is 0.920. The third-order valence-electron chi connectivity index (χ3n) is 1.48. The van der Waals surface area contributed by atoms with Crippen LogP contribution in [0.2, 0.25) is 0 Å². The molecule has 1 nitrogen and oxygen atoms in total. The average Bonchev–Trinajstić information content (AvgIpc) is 1.91. The standard InChI is InChI=1S/C5H10BrN.BrH/c6-4-2-1-3-5(4)7;/h4-5H,1-3,7H2;1H. The van der Waals surface area contributed by atoms with E-state index in [1.54, 1.807) is 0 Å². The molecule has 0 saturated heterocycles. The summed E-state index contributed by atoms with van der Waals surface area (Å²) < 4.78 is 0. The minimum atomic E-state index is 0. The predicted molar refractivity (Wildman–Crippen MR) is 44.9 cm³/mol. The summed E-state index contributed by atoms with van der Waals surface area (Å²) in [7, 11) is 0. The van der Waals surface area contributed by atoms with Gasteiger partial charge in [0.15, 0.2) is 0 Å². The number of nitrogens with two attached hydrogens (primary N) is 1. The first-order valence-electron chi connectivity index (χ1n) is 2.70. The van der Waals surface area contributed by atoms with Crippen LogP contribution in [0.1, 0.15) is 19.3 Å². The first kappa shape index (κ1) is 8.92. The van der Waals surface area contributed by atoms with Crippen molar-refractivity contribution in [3.8, 4) is 0 Å². The second-order valence-corrected chi connectivity index (χ2v) is 3.29. The van der Waals surface area contributed by atoms with Crippen molar-refractivity contribution in [2.75, 3.05) is 0 Å². The molecule has 1 saturated carbocycles. The van der Waals surface area contributed by atoms with E-state index in [2.05, 4.69) is 15.9 Å². The Balaban J connectivity index is 0.000000490. The molecule has 1 aliphatic carbocycles. The highest BCUT2D eigenvalue weighted by atomic mass is 79.9. The highest BCUT2D eigenvalue weighted by Crippen LogP contribution is 2.23. The molecular formula is C5H11Br2N. The molecular weight excluding hydrogens is 234 g/mol. The second-order valence-electron chi connectivity index (χ2n) is 2.11. The van der Waals surface area contributed by atoms with E-state index >= 15 is 0 Å². The molecule has 2 unspecified atom stereocenters. The third kappa shape index (κ3) is 2.03. The van der Waals surface area contributed by atoms with Crippen molar-refractivity contribution >= 4 is 32.9 Å². The van der Waals surface area contributed by atoms with E-state index in [0.29, 0.717) is 10.9 Å². The Morgan fingerprint density at radius 1 is 1.38 bits per heavy atom. The van der Waals surface area contributed by atoms with Crippen LogP contribution in [-0.4, -0.2) is 10.9 Å². The quantitative estimate of drug-likeness (QED) is 0.647. The van der Waals surface area contributed by atoms with Gasteiger partial charge in [0.2, 0.25) is 0 Å². The molecule has 0 heterocycles. The van der Waals surface area contributed by atoms with Crippen molar-refractivity contribution in [3.63, 3.8) is 0 Å². The Bertz CT molecular complexity index is 59.4. The van der Waals surface area contributed by atoms with Crippen molar-refractivity contribution < 1.29 is 0 Å². The average molecular weight is 245 g/mol. The maximum absolute atomic E-state index is 5.63. The summed E-state index contributed by atoms with van der Waals surface area (Å²) in [5.74, 6) is 0. The Morgan fingerprint density at radius 2 is 2.00 bits per heavy atom. The predicted octanol–water partition coefficient (Wildman–Crippen LogP) is 1.84. The lowest BCUT2D eigenvalue weighted by Gasteiger charge is -2.03. The fourth-order valence-electron chi connectivity index (χ4n) is 0.943. The van der Waals surface area contributed by atoms with Crippen LogP contribution < -0.4 is 5.73 Å². The zero-order valence-corrected chi connectivity index (χ0v) is 7.94. The summed E-state index contributed by atoms with van der Waals surface area (Å²) in [5, 5.41) is 0. The Morgan fingerprint density at radius 3 is 2.12 bits per heavy atom. The van der Waals surface area contributed by atoms with Crippen molar-refractivity contribution in [2.24, 2.45) is 5.73 Å². The van der Waals surface area contributed by atoms with Gasteiger partial charge in [0.05, 0.1) is 0 Å². The number of hydrogen-bond donors (Lipinski definition) is 1. The topological polar surface area (TPSA) is 26.0 Å². The van der Waals surface area contributed by atoms with Gasteiger partial charge in [-0.3, -0.25) is 0 Å². The lowest BCUT2D eigenvalue weighted by atomic mass is 10.3. The number of hydrogen-bond acceptors (Lipinski definition) is 1. The minimum absolute atomic E-state index is 0. The molecule has 0 spiro atoms. The molecule has 0 amide bonds. The van der Waals surface area contributed by atoms with Crippen LogP contribution in [-0.2, 0) is 0 Å². The SMILES string of the molecule is Br.NC1CCCC1Br. The number of halogens is 2. The lowest BCUT2D eigenvalue weighted by Crippen LogP contribution is -2.23. The van der Waals surface area contributed by atoms with Gasteiger partial charge in [-0.15, -0.1) is 17.0 Å². The van der Waals surface area contributed by atoms with Crippen LogP contribution in [0, 0.1) is 0 Å². The summed E-state index contributed by atoms with van der Waals surface area (Å²) in [5.41, 5.74) is 5.63. The summed E-state index contributed by atoms with van der Waals surface area (Å²) in [4.78, 5) is 0.604. The van der Waals surface area contributed by atoms with Gasteiger partial charge in [-0.2, -0.15) is 0 Å². The molecule has 0 aliphatic heterocycles. The van der Waals surface area contributed by atoms with E-state index in [1.807, 2.05) is 0 Å². The molecule has 2 N–H and O–H groups in total. The molecule has 0 aromatic heterocycles. The van der Waals surface area contributed by atoms with Crippen LogP contribution in [0.5, 0.6) is 0 Å². The van der Waals surface area contributed by atoms with Crippen LogP contribution >= 0.6 is 32.9 Å². The van der Waals surface area contributed by atoms with Gasteiger partial charge in [0, 0.05) is 10.9 Å². The van der Waals surface area contributed by atoms with Crippen LogP contribution in [0.3, 0.4) is 0 Å². The minimum Gasteiger partial charge on any atom is -0.327 e. The van der Waals surface area contributed by atoms with Crippen molar-refractivity contribution in [1.29, 1.82) is 0 Å². The maximum atomic E-state index is 5.63. The van der Waals surface area contributed by atoms with Crippen molar-refractivity contribution in [1.82, 2.24) is 0 Å². The van der Waals surface area contributed by atoms with Gasteiger partial charge in [-0.25, -0.2) is 0 Å². The van der Waals surface area contributed by atoms with Crippen LogP contribution in [0.25, 0.3) is 0 Å². The van der Waals surface area contributed by atoms with Gasteiger partial charge in [-0.05, 0) is 12.8 Å². The molecule has 1 aliphatic rings. The van der Waals surface area contributed by atoms with E-state index in [-0.39, 0.29) is 17.0 Å². The molecule has 0 aromatic carbocycles. The van der Waals surface area contributed by atoms with Gasteiger partial charge in [-0.1, -0.05) is 22.4 Å². The smallest absolute Gasteiger partial charge is 0.0297 e. The first-order chi connectivity index (χ1) is 3.30. The second kappa shape index (κ2) is 3.85. The zero-order valence-electron chi connectivity index (χ0n) is 4.64. The largest absolute Gasteiger partial charge is 0.327 e. The first-order valence-corrected chi connectivity index (χ1v) is 3.62. The Labute approximate surface area is 68.9 Å². The summed E-state index contributed by atoms with van der Waals surface area (Å²) >= 11 is 3.48. The van der Waals surface area contributed by atoms with E-state index in [0.717, 1.165) is 0 Å². The van der Waals surface area contributed by atoms with Gasteiger partial charge < -0.3 is 5.73 Å². The van der Waals surface area contributed by atoms with Gasteiger partial charge in [0.25, 0.3) is 0 Å². The monoisotopic (exact) mass is 243 g/mol. The lowest BCUT2D eigenvalue weighted by molar-refractivity contribution is 0.722. The highest BCUT2D eigenvalue weighted by Gasteiger charge is 2.19.